The number of nitrogens with zero attached hydrogens (tertiary/aromatic N) is 1. The summed E-state index contributed by atoms with van der Waals surface area (Å²) < 4.78 is 0. The highest BCUT2D eigenvalue weighted by Gasteiger charge is 2.34. The highest BCUT2D eigenvalue weighted by atomic mass is 16.6. The van der Waals surface area contributed by atoms with E-state index in [9.17, 15) is 0 Å². The van der Waals surface area contributed by atoms with Crippen molar-refractivity contribution in [2.75, 3.05) is 19.6 Å². The monoisotopic (exact) mass is 142 g/mol. The third-order valence-corrected chi connectivity index (χ3v) is 2.77. The lowest BCUT2D eigenvalue weighted by Gasteiger charge is -2.43. The van der Waals surface area contributed by atoms with Crippen LogP contribution in [0.2, 0.25) is 0 Å². The lowest BCUT2D eigenvalue weighted by Crippen LogP contribution is -2.52. The Balaban J connectivity index is 2.01. The van der Waals surface area contributed by atoms with Gasteiger partial charge in [0.1, 0.15) is 0 Å². The Morgan fingerprint density at radius 1 is 1.30 bits per heavy atom. The van der Waals surface area contributed by atoms with Crippen molar-refractivity contribution in [3.05, 3.63) is 0 Å². The van der Waals surface area contributed by atoms with Crippen molar-refractivity contribution < 1.29 is 4.84 Å². The van der Waals surface area contributed by atoms with Crippen molar-refractivity contribution in [2.45, 2.75) is 18.9 Å². The van der Waals surface area contributed by atoms with Crippen LogP contribution < -0.4 is 5.90 Å². The van der Waals surface area contributed by atoms with Crippen LogP contribution in [0.1, 0.15) is 12.8 Å². The van der Waals surface area contributed by atoms with Crippen LogP contribution in [0.25, 0.3) is 0 Å². The van der Waals surface area contributed by atoms with Gasteiger partial charge in [0.2, 0.25) is 0 Å². The summed E-state index contributed by atoms with van der Waals surface area (Å²) in [5, 5.41) is 0. The van der Waals surface area contributed by atoms with Crippen LogP contribution in [0, 0.1) is 5.92 Å². The van der Waals surface area contributed by atoms with Gasteiger partial charge in [0.15, 0.2) is 0 Å². The van der Waals surface area contributed by atoms with Crippen molar-refractivity contribution in [1.82, 2.24) is 4.90 Å². The van der Waals surface area contributed by atoms with Crippen LogP contribution in [0.3, 0.4) is 0 Å². The van der Waals surface area contributed by atoms with Gasteiger partial charge < -0.3 is 4.90 Å². The molecule has 0 unspecified atom stereocenters. The van der Waals surface area contributed by atoms with E-state index in [0.717, 1.165) is 12.5 Å². The Hall–Kier alpha value is -0.120. The molecule has 0 aromatic heterocycles. The first-order chi connectivity index (χ1) is 4.90. The molecule has 0 aromatic rings. The molecule has 10 heavy (non-hydrogen) atoms. The molecule has 2 N–H and O–H groups in total. The molecule has 3 nitrogen and oxygen atoms in total. The van der Waals surface area contributed by atoms with Crippen molar-refractivity contribution >= 4 is 0 Å². The molecular formula is C7H14N2O. The third kappa shape index (κ3) is 0.944. The number of hydrogen-bond donors (Lipinski definition) is 1. The molecule has 0 spiro atoms. The Bertz CT molecular complexity index is 121. The summed E-state index contributed by atoms with van der Waals surface area (Å²) in [6.45, 7) is 3.57. The summed E-state index contributed by atoms with van der Waals surface area (Å²) >= 11 is 0. The number of rotatable bonds is 1. The fraction of sp³-hybridized carbons (Fsp3) is 1.00. The average molecular weight is 142 g/mol. The van der Waals surface area contributed by atoms with E-state index in [0.29, 0.717) is 6.10 Å². The summed E-state index contributed by atoms with van der Waals surface area (Å²) in [5.41, 5.74) is 0. The Morgan fingerprint density at radius 2 is 2.00 bits per heavy atom. The summed E-state index contributed by atoms with van der Waals surface area (Å²) in [7, 11) is 0. The van der Waals surface area contributed by atoms with E-state index < -0.39 is 0 Å². The molecule has 3 saturated heterocycles. The summed E-state index contributed by atoms with van der Waals surface area (Å²) in [4.78, 5) is 7.31. The van der Waals surface area contributed by atoms with Gasteiger partial charge in [-0.2, -0.15) is 0 Å². The van der Waals surface area contributed by atoms with Crippen molar-refractivity contribution in [2.24, 2.45) is 11.8 Å². The van der Waals surface area contributed by atoms with E-state index in [1.165, 1.54) is 25.9 Å². The third-order valence-electron chi connectivity index (χ3n) is 2.77. The fourth-order valence-electron chi connectivity index (χ4n) is 2.06. The Morgan fingerprint density at radius 3 is 2.30 bits per heavy atom. The number of nitrogens with two attached hydrogens (primary N) is 1. The zero-order valence-corrected chi connectivity index (χ0v) is 6.12. The Labute approximate surface area is 61.1 Å². The molecular weight excluding hydrogens is 128 g/mol. The van der Waals surface area contributed by atoms with E-state index in [2.05, 4.69) is 4.90 Å². The van der Waals surface area contributed by atoms with Crippen LogP contribution in [-0.4, -0.2) is 30.6 Å². The lowest BCUT2D eigenvalue weighted by atomic mass is 9.86. The smallest absolute Gasteiger partial charge is 0.0942 e. The van der Waals surface area contributed by atoms with Crippen molar-refractivity contribution in [3.63, 3.8) is 0 Å². The fourth-order valence-corrected chi connectivity index (χ4v) is 2.06. The molecule has 3 aliphatic rings. The van der Waals surface area contributed by atoms with Gasteiger partial charge in [-0.1, -0.05) is 0 Å². The van der Waals surface area contributed by atoms with Crippen molar-refractivity contribution in [3.8, 4) is 0 Å². The zero-order valence-electron chi connectivity index (χ0n) is 6.12. The van der Waals surface area contributed by atoms with Gasteiger partial charge in [-0.25, -0.2) is 5.90 Å². The average Bonchev–Trinajstić information content (AvgIpc) is 2.06. The summed E-state index contributed by atoms with van der Waals surface area (Å²) in [5.74, 6) is 5.91. The van der Waals surface area contributed by atoms with Gasteiger partial charge in [0.05, 0.1) is 6.10 Å². The van der Waals surface area contributed by atoms with E-state index in [-0.39, 0.29) is 0 Å². The lowest BCUT2D eigenvalue weighted by molar-refractivity contribution is -0.0710. The largest absolute Gasteiger partial charge is 0.301 e. The second-order valence-electron chi connectivity index (χ2n) is 3.31. The minimum atomic E-state index is 0.322. The van der Waals surface area contributed by atoms with Crippen LogP contribution in [0.5, 0.6) is 0 Å². The molecule has 58 valence electrons. The SMILES string of the molecule is NO[C@H]1CN2CCC1CC2. The quantitative estimate of drug-likeness (QED) is 0.522. The molecule has 0 amide bonds. The summed E-state index contributed by atoms with van der Waals surface area (Å²) in [6, 6.07) is 0. The molecule has 3 heterocycles. The predicted octanol–water partition coefficient (Wildman–Crippen LogP) is -0.0291. The highest BCUT2D eigenvalue weighted by molar-refractivity contribution is 4.86. The maximum absolute atomic E-state index is 5.16. The molecule has 3 fully saturated rings. The molecule has 2 bridgehead atoms. The van der Waals surface area contributed by atoms with E-state index in [1.807, 2.05) is 0 Å². The first kappa shape index (κ1) is 6.58. The number of fused-ring (bicyclic) bond motifs is 3. The van der Waals surface area contributed by atoms with Gasteiger partial charge in [-0.3, -0.25) is 4.84 Å². The molecule has 0 radical (unpaired) electrons. The minimum Gasteiger partial charge on any atom is -0.301 e. The van der Waals surface area contributed by atoms with Gasteiger partial charge >= 0.3 is 0 Å². The zero-order chi connectivity index (χ0) is 6.97. The predicted molar refractivity (Wildman–Crippen MR) is 38.2 cm³/mol. The van der Waals surface area contributed by atoms with Gasteiger partial charge in [-0.15, -0.1) is 0 Å². The molecule has 0 saturated carbocycles. The second-order valence-corrected chi connectivity index (χ2v) is 3.31. The van der Waals surface area contributed by atoms with Gasteiger partial charge in [0, 0.05) is 6.54 Å². The standard InChI is InChI=1S/C7H14N2O/c8-10-7-5-9-3-1-6(7)2-4-9/h6-7H,1-5,8H2/t7-/m0/s1. The maximum Gasteiger partial charge on any atom is 0.0942 e. The van der Waals surface area contributed by atoms with Crippen LogP contribution >= 0.6 is 0 Å². The van der Waals surface area contributed by atoms with E-state index in [4.69, 9.17) is 10.7 Å². The van der Waals surface area contributed by atoms with Crippen LogP contribution in [0.4, 0.5) is 0 Å². The van der Waals surface area contributed by atoms with E-state index in [1.54, 1.807) is 0 Å². The highest BCUT2D eigenvalue weighted by Crippen LogP contribution is 2.28. The first-order valence-corrected chi connectivity index (χ1v) is 3.98. The number of piperidine rings is 3. The topological polar surface area (TPSA) is 38.5 Å². The van der Waals surface area contributed by atoms with E-state index >= 15 is 0 Å². The van der Waals surface area contributed by atoms with Crippen molar-refractivity contribution in [1.29, 1.82) is 0 Å². The molecule has 3 rings (SSSR count). The van der Waals surface area contributed by atoms with Crippen LogP contribution in [0.15, 0.2) is 0 Å². The molecule has 0 aromatic carbocycles. The van der Waals surface area contributed by atoms with Gasteiger partial charge in [-0.05, 0) is 31.8 Å². The van der Waals surface area contributed by atoms with Crippen LogP contribution in [-0.2, 0) is 4.84 Å². The molecule has 0 aliphatic carbocycles. The first-order valence-electron chi connectivity index (χ1n) is 3.98. The molecule has 3 heteroatoms. The Kier molecular flexibility index (Phi) is 1.64. The maximum atomic E-state index is 5.16. The molecule has 3 aliphatic heterocycles. The number of hydrogen-bond acceptors (Lipinski definition) is 3. The van der Waals surface area contributed by atoms with Gasteiger partial charge in [0.25, 0.3) is 0 Å². The summed E-state index contributed by atoms with van der Waals surface area (Å²) in [6.07, 6.45) is 2.88. The normalized spacial score (nSPS) is 45.9. The minimum absolute atomic E-state index is 0.322. The second kappa shape index (κ2) is 2.49. The molecule has 1 atom stereocenters.